The molecule has 0 aromatic heterocycles. The topological polar surface area (TPSA) is 33.0 Å². The van der Waals surface area contributed by atoms with Gasteiger partial charge >= 0.3 is 0 Å². The van der Waals surface area contributed by atoms with Gasteiger partial charge in [0.15, 0.2) is 0 Å². The lowest BCUT2D eigenvalue weighted by molar-refractivity contribution is 0.479. The van der Waals surface area contributed by atoms with Crippen molar-refractivity contribution in [3.05, 3.63) is 52.0 Å². The van der Waals surface area contributed by atoms with Crippen LogP contribution in [0.3, 0.4) is 0 Å². The Morgan fingerprint density at radius 1 is 1.30 bits per heavy atom. The molecule has 0 aliphatic carbocycles. The molecule has 0 atom stereocenters. The summed E-state index contributed by atoms with van der Waals surface area (Å²) in [5, 5.41) is 9.35. The standard InChI is InChI=1S/C16H14BrNOS/c1-3-20-16-6-4-5-15(13(16)10-18)19-12-7-8-14(17)11(2)9-12/h4-9H,3H2,1-2H3. The first-order valence-corrected chi connectivity index (χ1v) is 8.03. The third-order valence-corrected chi connectivity index (χ3v) is 4.59. The summed E-state index contributed by atoms with van der Waals surface area (Å²) >= 11 is 5.11. The van der Waals surface area contributed by atoms with Crippen LogP contribution in [0.2, 0.25) is 0 Å². The lowest BCUT2D eigenvalue weighted by Crippen LogP contribution is -1.91. The number of ether oxygens (including phenoxy) is 1. The van der Waals surface area contributed by atoms with E-state index in [0.717, 1.165) is 26.4 Å². The molecule has 0 saturated heterocycles. The second kappa shape index (κ2) is 6.83. The van der Waals surface area contributed by atoms with Gasteiger partial charge in [-0.2, -0.15) is 5.26 Å². The van der Waals surface area contributed by atoms with Crippen LogP contribution in [0.25, 0.3) is 0 Å². The van der Waals surface area contributed by atoms with E-state index in [1.165, 1.54) is 0 Å². The van der Waals surface area contributed by atoms with Crippen LogP contribution in [-0.4, -0.2) is 5.75 Å². The summed E-state index contributed by atoms with van der Waals surface area (Å²) in [6.07, 6.45) is 0. The zero-order chi connectivity index (χ0) is 14.5. The highest BCUT2D eigenvalue weighted by Gasteiger charge is 2.10. The third-order valence-electron chi connectivity index (χ3n) is 2.76. The Morgan fingerprint density at radius 3 is 2.75 bits per heavy atom. The maximum atomic E-state index is 9.35. The first kappa shape index (κ1) is 15.0. The highest BCUT2D eigenvalue weighted by atomic mass is 79.9. The zero-order valence-electron chi connectivity index (χ0n) is 11.3. The Balaban J connectivity index is 2.35. The fraction of sp³-hybridized carbons (Fsp3) is 0.188. The molecule has 2 aromatic rings. The number of thioether (sulfide) groups is 1. The SMILES string of the molecule is CCSc1cccc(Oc2ccc(Br)c(C)c2)c1C#N. The van der Waals surface area contributed by atoms with E-state index < -0.39 is 0 Å². The molecule has 0 aliphatic rings. The monoisotopic (exact) mass is 347 g/mol. The van der Waals surface area contributed by atoms with Gasteiger partial charge < -0.3 is 4.74 Å². The van der Waals surface area contributed by atoms with Gasteiger partial charge in [-0.3, -0.25) is 0 Å². The van der Waals surface area contributed by atoms with E-state index in [4.69, 9.17) is 4.74 Å². The molecular weight excluding hydrogens is 334 g/mol. The number of nitrogens with zero attached hydrogens (tertiary/aromatic N) is 1. The normalized spacial score (nSPS) is 10.1. The number of hydrogen-bond acceptors (Lipinski definition) is 3. The van der Waals surface area contributed by atoms with Crippen molar-refractivity contribution in [3.63, 3.8) is 0 Å². The maximum Gasteiger partial charge on any atom is 0.146 e. The molecule has 102 valence electrons. The van der Waals surface area contributed by atoms with E-state index in [0.29, 0.717) is 11.3 Å². The molecular formula is C16H14BrNOS. The van der Waals surface area contributed by atoms with Gasteiger partial charge in [0.25, 0.3) is 0 Å². The summed E-state index contributed by atoms with van der Waals surface area (Å²) in [4.78, 5) is 0.960. The van der Waals surface area contributed by atoms with Crippen LogP contribution in [0, 0.1) is 18.3 Å². The number of benzene rings is 2. The summed E-state index contributed by atoms with van der Waals surface area (Å²) in [7, 11) is 0. The molecule has 0 spiro atoms. The van der Waals surface area contributed by atoms with E-state index in [1.807, 2.05) is 43.3 Å². The predicted molar refractivity (Wildman–Crippen MR) is 86.5 cm³/mol. The zero-order valence-corrected chi connectivity index (χ0v) is 13.7. The molecule has 2 nitrogen and oxygen atoms in total. The second-order valence-corrected chi connectivity index (χ2v) is 6.35. The third kappa shape index (κ3) is 3.36. The van der Waals surface area contributed by atoms with Gasteiger partial charge in [-0.25, -0.2) is 0 Å². The number of hydrogen-bond donors (Lipinski definition) is 0. The van der Waals surface area contributed by atoms with Crippen LogP contribution >= 0.6 is 27.7 Å². The van der Waals surface area contributed by atoms with Crippen LogP contribution in [0.15, 0.2) is 45.8 Å². The quantitative estimate of drug-likeness (QED) is 0.681. The molecule has 0 radical (unpaired) electrons. The van der Waals surface area contributed by atoms with Gasteiger partial charge in [-0.1, -0.05) is 28.9 Å². The van der Waals surface area contributed by atoms with Gasteiger partial charge in [0, 0.05) is 9.37 Å². The van der Waals surface area contributed by atoms with E-state index in [9.17, 15) is 5.26 Å². The molecule has 0 fully saturated rings. The number of nitriles is 1. The minimum absolute atomic E-state index is 0.597. The van der Waals surface area contributed by atoms with Crippen LogP contribution < -0.4 is 4.74 Å². The molecule has 0 aliphatic heterocycles. The van der Waals surface area contributed by atoms with Crippen LogP contribution in [-0.2, 0) is 0 Å². The number of aryl methyl sites for hydroxylation is 1. The van der Waals surface area contributed by atoms with E-state index in [1.54, 1.807) is 11.8 Å². The van der Waals surface area contributed by atoms with Crippen molar-refractivity contribution in [2.45, 2.75) is 18.7 Å². The first-order valence-electron chi connectivity index (χ1n) is 6.25. The van der Waals surface area contributed by atoms with Crippen LogP contribution in [0.5, 0.6) is 11.5 Å². The fourth-order valence-corrected chi connectivity index (χ4v) is 2.81. The molecule has 0 N–H and O–H groups in total. The van der Waals surface area contributed by atoms with Gasteiger partial charge in [0.2, 0.25) is 0 Å². The summed E-state index contributed by atoms with van der Waals surface area (Å²) < 4.78 is 6.91. The molecule has 4 heteroatoms. The molecule has 0 bridgehead atoms. The largest absolute Gasteiger partial charge is 0.456 e. The lowest BCUT2D eigenvalue weighted by atomic mass is 10.2. The second-order valence-electron chi connectivity index (χ2n) is 4.19. The average molecular weight is 348 g/mol. The van der Waals surface area contributed by atoms with Crippen molar-refractivity contribution < 1.29 is 4.74 Å². The Labute approximate surface area is 131 Å². The molecule has 0 unspecified atom stereocenters. The molecule has 0 heterocycles. The van der Waals surface area contributed by atoms with Crippen molar-refractivity contribution >= 4 is 27.7 Å². The van der Waals surface area contributed by atoms with Gasteiger partial charge in [-0.05, 0) is 48.6 Å². The van der Waals surface area contributed by atoms with Crippen molar-refractivity contribution in [1.82, 2.24) is 0 Å². The Kier molecular flexibility index (Phi) is 5.11. The van der Waals surface area contributed by atoms with Crippen molar-refractivity contribution in [3.8, 4) is 17.6 Å². The molecule has 0 saturated carbocycles. The predicted octanol–water partition coefficient (Wildman–Crippen LogP) is 5.53. The van der Waals surface area contributed by atoms with Crippen LogP contribution in [0.1, 0.15) is 18.1 Å². The van der Waals surface area contributed by atoms with Crippen molar-refractivity contribution in [1.29, 1.82) is 5.26 Å². The first-order chi connectivity index (χ1) is 9.65. The molecule has 2 rings (SSSR count). The van der Waals surface area contributed by atoms with Gasteiger partial charge in [0.05, 0.1) is 0 Å². The average Bonchev–Trinajstić information content (AvgIpc) is 2.44. The highest BCUT2D eigenvalue weighted by molar-refractivity contribution is 9.10. The minimum Gasteiger partial charge on any atom is -0.456 e. The van der Waals surface area contributed by atoms with Gasteiger partial charge in [0.1, 0.15) is 23.1 Å². The highest BCUT2D eigenvalue weighted by Crippen LogP contribution is 2.33. The Bertz CT molecular complexity index is 664. The number of rotatable bonds is 4. The smallest absolute Gasteiger partial charge is 0.146 e. The summed E-state index contributed by atoms with van der Waals surface area (Å²) in [6.45, 7) is 4.07. The molecule has 0 amide bonds. The Hall–Kier alpha value is -1.44. The summed E-state index contributed by atoms with van der Waals surface area (Å²) in [5.41, 5.74) is 1.69. The fourth-order valence-electron chi connectivity index (χ4n) is 1.79. The molecule has 20 heavy (non-hydrogen) atoms. The minimum atomic E-state index is 0.597. The van der Waals surface area contributed by atoms with E-state index >= 15 is 0 Å². The molecule has 2 aromatic carbocycles. The van der Waals surface area contributed by atoms with Crippen LogP contribution in [0.4, 0.5) is 0 Å². The summed E-state index contributed by atoms with van der Waals surface area (Å²) in [6, 6.07) is 13.7. The lowest BCUT2D eigenvalue weighted by Gasteiger charge is -2.11. The van der Waals surface area contributed by atoms with Gasteiger partial charge in [-0.15, -0.1) is 11.8 Å². The van der Waals surface area contributed by atoms with Crippen molar-refractivity contribution in [2.75, 3.05) is 5.75 Å². The van der Waals surface area contributed by atoms with E-state index in [-0.39, 0.29) is 0 Å². The Morgan fingerprint density at radius 2 is 2.10 bits per heavy atom. The maximum absolute atomic E-state index is 9.35. The van der Waals surface area contributed by atoms with E-state index in [2.05, 4.69) is 28.9 Å². The van der Waals surface area contributed by atoms with Crippen molar-refractivity contribution in [2.24, 2.45) is 0 Å². The summed E-state index contributed by atoms with van der Waals surface area (Å²) in [5.74, 6) is 2.27. The number of halogens is 1.